The Balaban J connectivity index is 1.35. The van der Waals surface area contributed by atoms with Crippen molar-refractivity contribution < 1.29 is 14.4 Å². The number of nitrogens with one attached hydrogen (secondary N) is 2. The van der Waals surface area contributed by atoms with Gasteiger partial charge in [0.1, 0.15) is 0 Å². The Bertz CT molecular complexity index is 889. The van der Waals surface area contributed by atoms with E-state index in [2.05, 4.69) is 22.8 Å². The van der Waals surface area contributed by atoms with Crippen LogP contribution in [0.2, 0.25) is 0 Å². The molecule has 2 heterocycles. The van der Waals surface area contributed by atoms with Crippen LogP contribution in [-0.4, -0.2) is 22.6 Å². The molecular weight excluding hydrogens is 342 g/mol. The summed E-state index contributed by atoms with van der Waals surface area (Å²) in [5.41, 5.74) is 5.07. The van der Waals surface area contributed by atoms with E-state index in [0.717, 1.165) is 24.2 Å². The Morgan fingerprint density at radius 2 is 1.59 bits per heavy atom. The van der Waals surface area contributed by atoms with Crippen LogP contribution >= 0.6 is 0 Å². The van der Waals surface area contributed by atoms with E-state index >= 15 is 0 Å². The number of nitrogens with zero attached hydrogens (tertiary/aromatic N) is 1. The van der Waals surface area contributed by atoms with Gasteiger partial charge in [-0.25, -0.2) is 0 Å². The first-order valence-electron chi connectivity index (χ1n) is 9.12. The molecular formula is C21H21N3O3. The fourth-order valence-corrected chi connectivity index (χ4v) is 3.49. The van der Waals surface area contributed by atoms with Gasteiger partial charge in [-0.3, -0.25) is 19.3 Å². The molecule has 0 radical (unpaired) electrons. The van der Waals surface area contributed by atoms with Crippen LogP contribution in [0.4, 0.5) is 0 Å². The molecule has 1 saturated heterocycles. The molecule has 2 aliphatic heterocycles. The van der Waals surface area contributed by atoms with E-state index in [1.165, 1.54) is 16.0 Å². The lowest BCUT2D eigenvalue weighted by molar-refractivity contribution is -0.139. The standard InChI is InChI=1S/C21H21N3O3/c25-19-7-8-20(26)24(19)13-14-1-4-16(5-2-14)21(27)23-10-15-3-6-17-11-22-12-18(17)9-15/h1-6,9,22H,7-8,10-13H2,(H,23,27). The third-order valence-electron chi connectivity index (χ3n) is 5.07. The van der Waals surface area contributed by atoms with E-state index in [1.54, 1.807) is 24.3 Å². The Hall–Kier alpha value is -2.99. The smallest absolute Gasteiger partial charge is 0.251 e. The quantitative estimate of drug-likeness (QED) is 0.795. The monoisotopic (exact) mass is 363 g/mol. The maximum atomic E-state index is 12.4. The van der Waals surface area contributed by atoms with E-state index in [9.17, 15) is 14.4 Å². The highest BCUT2D eigenvalue weighted by molar-refractivity contribution is 6.01. The summed E-state index contributed by atoms with van der Waals surface area (Å²) in [6.45, 7) is 2.52. The van der Waals surface area contributed by atoms with Crippen molar-refractivity contribution in [1.29, 1.82) is 0 Å². The molecule has 0 aromatic heterocycles. The second-order valence-electron chi connectivity index (χ2n) is 6.96. The van der Waals surface area contributed by atoms with Gasteiger partial charge < -0.3 is 10.6 Å². The lowest BCUT2D eigenvalue weighted by atomic mass is 10.1. The number of carbonyl (C=O) groups excluding carboxylic acids is 3. The van der Waals surface area contributed by atoms with Crippen molar-refractivity contribution in [3.63, 3.8) is 0 Å². The fraction of sp³-hybridized carbons (Fsp3) is 0.286. The number of hydrogen-bond donors (Lipinski definition) is 2. The number of hydrogen-bond acceptors (Lipinski definition) is 4. The van der Waals surface area contributed by atoms with Gasteiger partial charge >= 0.3 is 0 Å². The van der Waals surface area contributed by atoms with Gasteiger partial charge in [0.05, 0.1) is 6.54 Å². The van der Waals surface area contributed by atoms with E-state index in [-0.39, 0.29) is 37.1 Å². The van der Waals surface area contributed by atoms with Gasteiger partial charge in [0.2, 0.25) is 11.8 Å². The predicted octanol–water partition coefficient (Wildman–Crippen LogP) is 1.87. The molecule has 0 spiro atoms. The maximum absolute atomic E-state index is 12.4. The number of benzene rings is 2. The molecule has 4 rings (SSSR count). The van der Waals surface area contributed by atoms with Crippen molar-refractivity contribution in [2.24, 2.45) is 0 Å². The summed E-state index contributed by atoms with van der Waals surface area (Å²) in [6.07, 6.45) is 0.580. The minimum Gasteiger partial charge on any atom is -0.348 e. The minimum atomic E-state index is -0.145. The molecule has 0 saturated carbocycles. The second-order valence-corrected chi connectivity index (χ2v) is 6.96. The number of rotatable bonds is 5. The summed E-state index contributed by atoms with van der Waals surface area (Å²) < 4.78 is 0. The van der Waals surface area contributed by atoms with Crippen LogP contribution in [0.15, 0.2) is 42.5 Å². The number of likely N-dealkylation sites (tertiary alicyclic amines) is 1. The summed E-state index contributed by atoms with van der Waals surface area (Å²) in [6, 6.07) is 13.3. The summed E-state index contributed by atoms with van der Waals surface area (Å²) >= 11 is 0. The SMILES string of the molecule is O=C(NCc1ccc2c(c1)CNC2)c1ccc(CN2C(=O)CCC2=O)cc1. The first-order chi connectivity index (χ1) is 13.1. The molecule has 3 amide bonds. The van der Waals surface area contributed by atoms with Crippen LogP contribution in [0, 0.1) is 0 Å². The average Bonchev–Trinajstić information content (AvgIpc) is 3.28. The van der Waals surface area contributed by atoms with Crippen LogP contribution in [0.3, 0.4) is 0 Å². The molecule has 6 heteroatoms. The normalized spacial score (nSPS) is 15.9. The molecule has 2 aliphatic rings. The molecule has 2 aromatic carbocycles. The van der Waals surface area contributed by atoms with Crippen molar-refractivity contribution in [3.05, 3.63) is 70.3 Å². The first-order valence-corrected chi connectivity index (χ1v) is 9.12. The number of fused-ring (bicyclic) bond motifs is 1. The van der Waals surface area contributed by atoms with Gasteiger partial charge in [0.15, 0.2) is 0 Å². The van der Waals surface area contributed by atoms with E-state index in [0.29, 0.717) is 12.1 Å². The Labute approximate surface area is 157 Å². The molecule has 6 nitrogen and oxygen atoms in total. The third kappa shape index (κ3) is 3.75. The Morgan fingerprint density at radius 1 is 0.926 bits per heavy atom. The molecule has 0 aliphatic carbocycles. The van der Waals surface area contributed by atoms with Crippen LogP contribution in [0.5, 0.6) is 0 Å². The molecule has 2 aromatic rings. The van der Waals surface area contributed by atoms with Crippen LogP contribution in [0.25, 0.3) is 0 Å². The van der Waals surface area contributed by atoms with E-state index < -0.39 is 0 Å². The van der Waals surface area contributed by atoms with Gasteiger partial charge in [0.25, 0.3) is 5.91 Å². The fourth-order valence-electron chi connectivity index (χ4n) is 3.49. The van der Waals surface area contributed by atoms with Crippen LogP contribution < -0.4 is 10.6 Å². The van der Waals surface area contributed by atoms with Crippen LogP contribution in [-0.2, 0) is 35.8 Å². The number of amides is 3. The molecule has 27 heavy (non-hydrogen) atoms. The average molecular weight is 363 g/mol. The molecule has 2 N–H and O–H groups in total. The Morgan fingerprint density at radius 3 is 2.33 bits per heavy atom. The summed E-state index contributed by atoms with van der Waals surface area (Å²) in [5, 5.41) is 6.24. The van der Waals surface area contributed by atoms with Crippen molar-refractivity contribution in [1.82, 2.24) is 15.5 Å². The first kappa shape index (κ1) is 17.4. The molecule has 1 fully saturated rings. The summed E-state index contributed by atoms with van der Waals surface area (Å²) in [5.74, 6) is -0.411. The minimum absolute atomic E-state index is 0.133. The molecule has 0 bridgehead atoms. The van der Waals surface area contributed by atoms with Gasteiger partial charge in [-0.2, -0.15) is 0 Å². The topological polar surface area (TPSA) is 78.5 Å². The van der Waals surface area contributed by atoms with Gasteiger partial charge in [-0.05, 0) is 34.4 Å². The number of carbonyl (C=O) groups is 3. The van der Waals surface area contributed by atoms with Crippen molar-refractivity contribution >= 4 is 17.7 Å². The molecule has 138 valence electrons. The largest absolute Gasteiger partial charge is 0.348 e. The second kappa shape index (κ2) is 7.32. The van der Waals surface area contributed by atoms with Crippen molar-refractivity contribution in [2.75, 3.05) is 0 Å². The maximum Gasteiger partial charge on any atom is 0.251 e. The van der Waals surface area contributed by atoms with E-state index in [4.69, 9.17) is 0 Å². The highest BCUT2D eigenvalue weighted by Crippen LogP contribution is 2.18. The van der Waals surface area contributed by atoms with Gasteiger partial charge in [-0.1, -0.05) is 30.3 Å². The third-order valence-corrected chi connectivity index (χ3v) is 5.07. The van der Waals surface area contributed by atoms with Crippen LogP contribution in [0.1, 0.15) is 45.5 Å². The van der Waals surface area contributed by atoms with Gasteiger partial charge in [-0.15, -0.1) is 0 Å². The van der Waals surface area contributed by atoms with Crippen molar-refractivity contribution in [3.8, 4) is 0 Å². The Kier molecular flexibility index (Phi) is 4.73. The van der Waals surface area contributed by atoms with Crippen molar-refractivity contribution in [2.45, 2.75) is 39.0 Å². The lowest BCUT2D eigenvalue weighted by Gasteiger charge is -2.14. The predicted molar refractivity (Wildman–Crippen MR) is 99.4 cm³/mol. The highest BCUT2D eigenvalue weighted by Gasteiger charge is 2.28. The zero-order chi connectivity index (χ0) is 18.8. The van der Waals surface area contributed by atoms with Gasteiger partial charge in [0, 0.05) is 38.0 Å². The lowest BCUT2D eigenvalue weighted by Crippen LogP contribution is -2.28. The highest BCUT2D eigenvalue weighted by atomic mass is 16.2. The van der Waals surface area contributed by atoms with E-state index in [1.807, 2.05) is 6.07 Å². The summed E-state index contributed by atoms with van der Waals surface area (Å²) in [7, 11) is 0. The number of imide groups is 1. The molecule has 0 unspecified atom stereocenters. The zero-order valence-electron chi connectivity index (χ0n) is 15.0. The molecule has 0 atom stereocenters. The zero-order valence-corrected chi connectivity index (χ0v) is 15.0. The summed E-state index contributed by atoms with van der Waals surface area (Å²) in [4.78, 5) is 37.0.